The summed E-state index contributed by atoms with van der Waals surface area (Å²) in [5, 5.41) is 3.78. The van der Waals surface area contributed by atoms with E-state index in [9.17, 15) is 0 Å². The van der Waals surface area contributed by atoms with Crippen molar-refractivity contribution in [2.75, 3.05) is 25.5 Å². The van der Waals surface area contributed by atoms with Crippen LogP contribution in [-0.4, -0.2) is 44.5 Å². The van der Waals surface area contributed by atoms with Crippen molar-refractivity contribution in [2.24, 2.45) is 0 Å². The molecule has 0 spiro atoms. The number of fused-ring (bicyclic) bond motifs is 2. The maximum absolute atomic E-state index is 6.46. The molecule has 1 aromatic carbocycles. The Kier molecular flexibility index (Phi) is 4.55. The van der Waals surface area contributed by atoms with Gasteiger partial charge in [-0.25, -0.2) is 15.0 Å². The number of hydrogen-bond donors (Lipinski definition) is 1. The Morgan fingerprint density at radius 2 is 2.03 bits per heavy atom. The molecule has 0 radical (unpaired) electrons. The summed E-state index contributed by atoms with van der Waals surface area (Å²) < 4.78 is 7.69. The number of anilines is 2. The normalized spacial score (nSPS) is 20.2. The molecule has 1 N–H and O–H groups in total. The van der Waals surface area contributed by atoms with Crippen LogP contribution >= 0.6 is 11.6 Å². The van der Waals surface area contributed by atoms with Gasteiger partial charge in [0.2, 0.25) is 5.95 Å². The van der Waals surface area contributed by atoms with Crippen molar-refractivity contribution in [1.82, 2.24) is 24.3 Å². The molecule has 4 aromatic rings. The van der Waals surface area contributed by atoms with Crippen molar-refractivity contribution < 1.29 is 4.74 Å². The number of rotatable bonds is 5. The van der Waals surface area contributed by atoms with E-state index in [0.717, 1.165) is 22.8 Å². The first-order chi connectivity index (χ1) is 15.7. The molecule has 6 rings (SSSR count). The molecule has 0 aliphatic carbocycles. The molecule has 5 heterocycles. The molecule has 8 heteroatoms. The van der Waals surface area contributed by atoms with E-state index in [4.69, 9.17) is 21.3 Å². The van der Waals surface area contributed by atoms with Crippen LogP contribution in [0.25, 0.3) is 17.0 Å². The number of nitrogens with zero attached hydrogens (tertiary/aromatic N) is 5. The van der Waals surface area contributed by atoms with Crippen molar-refractivity contribution >= 4 is 28.9 Å². The molecule has 7 nitrogen and oxygen atoms in total. The number of imidazole rings is 1. The van der Waals surface area contributed by atoms with E-state index in [0.29, 0.717) is 16.7 Å². The molecule has 0 amide bonds. The Balaban J connectivity index is 1.34. The van der Waals surface area contributed by atoms with Crippen LogP contribution in [0.5, 0.6) is 5.75 Å². The number of halogens is 1. The molecule has 162 valence electrons. The monoisotopic (exact) mass is 446 g/mol. The van der Waals surface area contributed by atoms with Gasteiger partial charge in [0.25, 0.3) is 0 Å². The maximum atomic E-state index is 6.46. The number of pyridine rings is 1. The van der Waals surface area contributed by atoms with Gasteiger partial charge in [0.1, 0.15) is 17.1 Å². The fourth-order valence-electron chi connectivity index (χ4n) is 5.10. The quantitative estimate of drug-likeness (QED) is 0.470. The molecule has 1 atom stereocenters. The van der Waals surface area contributed by atoms with Crippen molar-refractivity contribution in [2.45, 2.75) is 24.8 Å². The highest BCUT2D eigenvalue weighted by atomic mass is 35.5. The molecule has 1 unspecified atom stereocenters. The van der Waals surface area contributed by atoms with Crippen LogP contribution in [0.2, 0.25) is 5.02 Å². The minimum absolute atomic E-state index is 0.193. The SMILES string of the molecule is COc1cc(C23CCCN2CC3)ccc1Nc1ncc(Cl)c(-c2cnc3ccccn23)n1. The van der Waals surface area contributed by atoms with Crippen molar-refractivity contribution in [3.63, 3.8) is 0 Å². The third-order valence-corrected chi connectivity index (χ3v) is 7.08. The van der Waals surface area contributed by atoms with Gasteiger partial charge >= 0.3 is 0 Å². The summed E-state index contributed by atoms with van der Waals surface area (Å²) in [5.41, 5.74) is 4.60. The number of hydrogen-bond acceptors (Lipinski definition) is 6. The summed E-state index contributed by atoms with van der Waals surface area (Å²) in [6, 6.07) is 12.3. The van der Waals surface area contributed by atoms with Crippen LogP contribution in [0.1, 0.15) is 24.8 Å². The molecular weight excluding hydrogens is 424 g/mol. The van der Waals surface area contributed by atoms with Crippen molar-refractivity contribution in [3.05, 3.63) is 65.6 Å². The molecule has 2 saturated heterocycles. The van der Waals surface area contributed by atoms with Crippen LogP contribution in [0.15, 0.2) is 55.0 Å². The molecule has 2 aliphatic rings. The van der Waals surface area contributed by atoms with E-state index in [2.05, 4.69) is 38.4 Å². The van der Waals surface area contributed by atoms with Crippen LogP contribution < -0.4 is 10.1 Å². The number of benzene rings is 1. The van der Waals surface area contributed by atoms with Gasteiger partial charge in [-0.2, -0.15) is 0 Å². The van der Waals surface area contributed by atoms with E-state index in [1.54, 1.807) is 19.5 Å². The van der Waals surface area contributed by atoms with E-state index in [-0.39, 0.29) is 5.54 Å². The Morgan fingerprint density at radius 3 is 2.84 bits per heavy atom. The topological polar surface area (TPSA) is 67.6 Å². The predicted molar refractivity (Wildman–Crippen MR) is 125 cm³/mol. The minimum Gasteiger partial charge on any atom is -0.495 e. The highest BCUT2D eigenvalue weighted by Crippen LogP contribution is 2.49. The first kappa shape index (κ1) is 19.5. The second kappa shape index (κ2) is 7.46. The van der Waals surface area contributed by atoms with Crippen molar-refractivity contribution in [1.29, 1.82) is 0 Å². The van der Waals surface area contributed by atoms with E-state index in [1.165, 1.54) is 37.9 Å². The van der Waals surface area contributed by atoms with Gasteiger partial charge in [-0.3, -0.25) is 9.30 Å². The molecule has 2 aliphatic heterocycles. The lowest BCUT2D eigenvalue weighted by atomic mass is 9.78. The fraction of sp³-hybridized carbons (Fsp3) is 0.292. The lowest BCUT2D eigenvalue weighted by Gasteiger charge is -2.49. The number of aromatic nitrogens is 4. The summed E-state index contributed by atoms with van der Waals surface area (Å²) in [6.45, 7) is 2.37. The van der Waals surface area contributed by atoms with Gasteiger partial charge in [-0.05, 0) is 55.6 Å². The fourth-order valence-corrected chi connectivity index (χ4v) is 5.29. The molecule has 2 fully saturated rings. The average Bonchev–Trinajstić information content (AvgIpc) is 3.36. The average molecular weight is 447 g/mol. The number of nitrogens with one attached hydrogen (secondary N) is 1. The summed E-state index contributed by atoms with van der Waals surface area (Å²) >= 11 is 6.46. The van der Waals surface area contributed by atoms with Gasteiger partial charge < -0.3 is 10.1 Å². The highest BCUT2D eigenvalue weighted by Gasteiger charge is 2.49. The maximum Gasteiger partial charge on any atom is 0.227 e. The van der Waals surface area contributed by atoms with Crippen molar-refractivity contribution in [3.8, 4) is 17.1 Å². The van der Waals surface area contributed by atoms with Crippen LogP contribution in [0, 0.1) is 0 Å². The molecule has 3 aromatic heterocycles. The summed E-state index contributed by atoms with van der Waals surface area (Å²) in [7, 11) is 1.70. The Morgan fingerprint density at radius 1 is 1.09 bits per heavy atom. The lowest BCUT2D eigenvalue weighted by Crippen LogP contribution is -2.52. The Bertz CT molecular complexity index is 1320. The number of methoxy groups -OCH3 is 1. The Labute approximate surface area is 191 Å². The largest absolute Gasteiger partial charge is 0.495 e. The van der Waals surface area contributed by atoms with E-state index in [1.807, 2.05) is 28.8 Å². The first-order valence-electron chi connectivity index (χ1n) is 10.8. The molecule has 32 heavy (non-hydrogen) atoms. The van der Waals surface area contributed by atoms with Crippen LogP contribution in [0.3, 0.4) is 0 Å². The summed E-state index contributed by atoms with van der Waals surface area (Å²) in [5.74, 6) is 1.23. The summed E-state index contributed by atoms with van der Waals surface area (Å²) in [6.07, 6.45) is 9.01. The summed E-state index contributed by atoms with van der Waals surface area (Å²) in [4.78, 5) is 16.1. The highest BCUT2D eigenvalue weighted by molar-refractivity contribution is 6.32. The van der Waals surface area contributed by atoms with Crippen LogP contribution in [-0.2, 0) is 5.54 Å². The second-order valence-corrected chi connectivity index (χ2v) is 8.78. The van der Waals surface area contributed by atoms with Crippen LogP contribution in [0.4, 0.5) is 11.6 Å². The standard InChI is InChI=1S/C24H23ClN6O/c1-32-20-13-16(24-8-4-10-30(24)12-9-24)6-7-18(20)28-23-27-14-17(25)22(29-23)19-15-26-21-5-2-3-11-31(19)21/h2-3,5-7,11,13-15H,4,8-10,12H2,1H3,(H,27,28,29). The van der Waals surface area contributed by atoms with Gasteiger partial charge in [0.15, 0.2) is 0 Å². The zero-order valence-electron chi connectivity index (χ0n) is 17.8. The Hall–Kier alpha value is -3.16. The minimum atomic E-state index is 0.193. The van der Waals surface area contributed by atoms with Gasteiger partial charge in [-0.15, -0.1) is 0 Å². The van der Waals surface area contributed by atoms with Gasteiger partial charge in [-0.1, -0.05) is 23.7 Å². The zero-order valence-corrected chi connectivity index (χ0v) is 18.5. The second-order valence-electron chi connectivity index (χ2n) is 8.37. The van der Waals surface area contributed by atoms with Gasteiger partial charge in [0.05, 0.1) is 35.9 Å². The predicted octanol–water partition coefficient (Wildman–Crippen LogP) is 4.89. The molecule has 0 bridgehead atoms. The third-order valence-electron chi connectivity index (χ3n) is 6.81. The molecular formula is C24H23ClN6O. The van der Waals surface area contributed by atoms with E-state index >= 15 is 0 Å². The number of ether oxygens (including phenoxy) is 1. The van der Waals surface area contributed by atoms with E-state index < -0.39 is 0 Å². The first-order valence-corrected chi connectivity index (χ1v) is 11.2. The molecule has 0 saturated carbocycles. The smallest absolute Gasteiger partial charge is 0.227 e. The lowest BCUT2D eigenvalue weighted by molar-refractivity contribution is 0.0241. The third kappa shape index (κ3) is 2.96. The zero-order chi connectivity index (χ0) is 21.7. The van der Waals surface area contributed by atoms with Gasteiger partial charge in [0, 0.05) is 18.3 Å².